The van der Waals surface area contributed by atoms with Gasteiger partial charge >= 0.3 is 6.09 Å². The monoisotopic (exact) mass is 475 g/mol. The summed E-state index contributed by atoms with van der Waals surface area (Å²) in [4.78, 5) is 23.2. The summed E-state index contributed by atoms with van der Waals surface area (Å²) >= 11 is 3.38. The van der Waals surface area contributed by atoms with Gasteiger partial charge in [-0.2, -0.15) is 0 Å². The van der Waals surface area contributed by atoms with Gasteiger partial charge in [-0.25, -0.2) is 4.79 Å². The lowest BCUT2D eigenvalue weighted by Crippen LogP contribution is -2.57. The van der Waals surface area contributed by atoms with Crippen molar-refractivity contribution in [3.8, 4) is 11.5 Å². The van der Waals surface area contributed by atoms with Gasteiger partial charge in [0.05, 0.1) is 12.6 Å². The van der Waals surface area contributed by atoms with E-state index in [2.05, 4.69) is 21.2 Å². The van der Waals surface area contributed by atoms with E-state index in [1.165, 1.54) is 7.11 Å². The lowest BCUT2D eigenvalue weighted by molar-refractivity contribution is -0.121. The van der Waals surface area contributed by atoms with E-state index in [-0.39, 0.29) is 19.1 Å². The van der Waals surface area contributed by atoms with Crippen molar-refractivity contribution in [3.05, 3.63) is 22.7 Å². The summed E-state index contributed by atoms with van der Waals surface area (Å²) in [6, 6.07) is 4.45. The molecule has 8 nitrogen and oxygen atoms in total. The van der Waals surface area contributed by atoms with Crippen LogP contribution in [0.1, 0.15) is 41.0 Å². The topological polar surface area (TPSA) is 92.3 Å². The molecule has 1 amide bonds. The summed E-state index contributed by atoms with van der Waals surface area (Å²) in [6.07, 6.45) is -0.0815. The summed E-state index contributed by atoms with van der Waals surface area (Å²) in [5.41, 5.74) is -1.56. The van der Waals surface area contributed by atoms with Crippen molar-refractivity contribution >= 4 is 28.5 Å². The predicted octanol–water partition coefficient (Wildman–Crippen LogP) is 4.05. The highest BCUT2D eigenvalue weighted by Crippen LogP contribution is 2.35. The number of ether oxygens (including phenoxy) is 5. The third kappa shape index (κ3) is 8.59. The fraction of sp³-hybridized carbons (Fsp3) is 0.600. The van der Waals surface area contributed by atoms with Crippen LogP contribution in [0.2, 0.25) is 0 Å². The maximum absolute atomic E-state index is 12.4. The molecule has 0 aromatic heterocycles. The number of hydrogen-bond acceptors (Lipinski definition) is 7. The Kier molecular flexibility index (Phi) is 9.88. The molecular weight excluding hydrogens is 446 g/mol. The molecule has 29 heavy (non-hydrogen) atoms. The summed E-state index contributed by atoms with van der Waals surface area (Å²) in [7, 11) is 1.51. The Bertz CT molecular complexity index is 677. The van der Waals surface area contributed by atoms with Gasteiger partial charge < -0.3 is 29.0 Å². The van der Waals surface area contributed by atoms with Crippen LogP contribution in [0, 0.1) is 0 Å². The van der Waals surface area contributed by atoms with E-state index in [4.69, 9.17) is 23.7 Å². The molecule has 9 heteroatoms. The second kappa shape index (κ2) is 11.4. The molecule has 0 aliphatic rings. The first-order valence-corrected chi connectivity index (χ1v) is 9.99. The molecule has 0 spiro atoms. The van der Waals surface area contributed by atoms with Crippen LogP contribution in [0.25, 0.3) is 0 Å². The molecule has 0 saturated heterocycles. The lowest BCUT2D eigenvalue weighted by atomic mass is 9.93. The highest BCUT2D eigenvalue weighted by molar-refractivity contribution is 9.10. The van der Waals surface area contributed by atoms with E-state index in [1.54, 1.807) is 39.0 Å². The van der Waals surface area contributed by atoms with Gasteiger partial charge in [-0.1, -0.05) is 22.9 Å². The third-order valence-corrected chi connectivity index (χ3v) is 4.53. The largest absolute Gasteiger partial charge is 0.481 e. The third-order valence-electron chi connectivity index (χ3n) is 4.04. The average Bonchev–Trinajstić information content (AvgIpc) is 2.61. The first-order valence-electron chi connectivity index (χ1n) is 9.19. The molecule has 2 atom stereocenters. The van der Waals surface area contributed by atoms with Crippen LogP contribution >= 0.6 is 15.9 Å². The number of halogens is 1. The quantitative estimate of drug-likeness (QED) is 0.293. The number of carbonyl (C=O) groups excluding carboxylic acids is 2. The molecule has 0 aliphatic carbocycles. The van der Waals surface area contributed by atoms with Crippen LogP contribution in [-0.2, 0) is 19.0 Å². The Morgan fingerprint density at radius 3 is 2.48 bits per heavy atom. The van der Waals surface area contributed by atoms with E-state index in [0.29, 0.717) is 18.6 Å². The Hall–Kier alpha value is -1.84. The number of methoxy groups -OCH3 is 1. The number of nitrogens with one attached hydrogen (secondary N) is 1. The Morgan fingerprint density at radius 1 is 1.24 bits per heavy atom. The van der Waals surface area contributed by atoms with Crippen molar-refractivity contribution in [3.63, 3.8) is 0 Å². The molecule has 1 N–H and O–H groups in total. The fourth-order valence-electron chi connectivity index (χ4n) is 2.42. The van der Waals surface area contributed by atoms with Crippen LogP contribution in [-0.4, -0.2) is 50.3 Å². The summed E-state index contributed by atoms with van der Waals surface area (Å²) in [6.45, 7) is 9.60. The molecule has 1 aromatic carbocycles. The number of carbonyl (C=O) groups is 2. The molecule has 1 rings (SSSR count). The van der Waals surface area contributed by atoms with Gasteiger partial charge in [0.15, 0.2) is 11.5 Å². The minimum atomic E-state index is -0.910. The number of alkyl carbamates (subject to hydrolysis) is 1. The fourth-order valence-corrected chi connectivity index (χ4v) is 2.76. The number of rotatable bonds is 11. The Labute approximate surface area is 180 Å². The molecule has 0 radical (unpaired) electrons. The van der Waals surface area contributed by atoms with Crippen LogP contribution in [0.15, 0.2) is 22.7 Å². The van der Waals surface area contributed by atoms with Crippen molar-refractivity contribution in [1.82, 2.24) is 5.32 Å². The van der Waals surface area contributed by atoms with Gasteiger partial charge in [-0.15, -0.1) is 0 Å². The lowest BCUT2D eigenvalue weighted by Gasteiger charge is -2.38. The summed E-state index contributed by atoms with van der Waals surface area (Å²) in [5, 5.41) is 2.82. The zero-order valence-electron chi connectivity index (χ0n) is 17.7. The number of hydrogen-bond donors (Lipinski definition) is 1. The molecule has 0 aliphatic heterocycles. The van der Waals surface area contributed by atoms with Gasteiger partial charge in [0, 0.05) is 11.6 Å². The number of benzene rings is 1. The normalized spacial score (nSPS) is 14.4. The predicted molar refractivity (Wildman–Crippen MR) is 111 cm³/mol. The van der Waals surface area contributed by atoms with E-state index < -0.39 is 23.3 Å². The van der Waals surface area contributed by atoms with E-state index in [1.807, 2.05) is 13.8 Å². The summed E-state index contributed by atoms with van der Waals surface area (Å²) < 4.78 is 27.8. The second-order valence-electron chi connectivity index (χ2n) is 7.55. The van der Waals surface area contributed by atoms with Gasteiger partial charge in [-0.3, -0.25) is 4.79 Å². The molecular formula is C20H30BrNO7. The van der Waals surface area contributed by atoms with Gasteiger partial charge in [0.1, 0.15) is 18.0 Å². The Morgan fingerprint density at radius 2 is 1.93 bits per heavy atom. The molecule has 164 valence electrons. The minimum Gasteiger partial charge on any atom is -0.481 e. The van der Waals surface area contributed by atoms with Crippen molar-refractivity contribution in [1.29, 1.82) is 0 Å². The van der Waals surface area contributed by atoms with Gasteiger partial charge in [-0.05, 0) is 52.3 Å². The van der Waals surface area contributed by atoms with E-state index in [0.717, 1.165) is 4.47 Å². The molecule has 0 heterocycles. The van der Waals surface area contributed by atoms with E-state index in [9.17, 15) is 9.59 Å². The molecule has 0 bridgehead atoms. The molecule has 0 saturated carbocycles. The Balaban J connectivity index is 3.14. The van der Waals surface area contributed by atoms with Crippen molar-refractivity contribution in [2.24, 2.45) is 0 Å². The van der Waals surface area contributed by atoms with Crippen molar-refractivity contribution < 1.29 is 33.3 Å². The van der Waals surface area contributed by atoms with Crippen LogP contribution in [0.3, 0.4) is 0 Å². The zero-order valence-corrected chi connectivity index (χ0v) is 19.3. The number of amides is 1. The molecule has 0 fully saturated rings. The zero-order chi connectivity index (χ0) is 22.1. The van der Waals surface area contributed by atoms with Gasteiger partial charge in [0.2, 0.25) is 0 Å². The minimum absolute atomic E-state index is 0.0582. The SMILES string of the molecule is CC[C@@](C)(Oc1cc(Br)ccc1OC=O)[C@@H](COCOC)NC(=O)OC(C)(C)C. The maximum atomic E-state index is 12.4. The standard InChI is InChI=1S/C20H30BrNO7/c1-7-20(5,28-16-10-14(21)8-9-15(16)27-12-23)17(11-26-13-25-6)22-18(24)29-19(2,3)4/h8-10,12,17H,7,11,13H2,1-6H3,(H,22,24)/t17-,20-/m1/s1. The molecule has 1 aromatic rings. The maximum Gasteiger partial charge on any atom is 0.408 e. The highest BCUT2D eigenvalue weighted by atomic mass is 79.9. The average molecular weight is 476 g/mol. The second-order valence-corrected chi connectivity index (χ2v) is 8.47. The first kappa shape index (κ1) is 25.2. The smallest absolute Gasteiger partial charge is 0.408 e. The van der Waals surface area contributed by atoms with Crippen molar-refractivity contribution in [2.45, 2.75) is 58.3 Å². The summed E-state index contributed by atoms with van der Waals surface area (Å²) in [5.74, 6) is 0.607. The van der Waals surface area contributed by atoms with Crippen LogP contribution in [0.5, 0.6) is 11.5 Å². The van der Waals surface area contributed by atoms with Crippen LogP contribution in [0.4, 0.5) is 4.79 Å². The van der Waals surface area contributed by atoms with Crippen LogP contribution < -0.4 is 14.8 Å². The van der Waals surface area contributed by atoms with Crippen molar-refractivity contribution in [2.75, 3.05) is 20.5 Å². The molecule has 0 unspecified atom stereocenters. The van der Waals surface area contributed by atoms with Gasteiger partial charge in [0.25, 0.3) is 6.47 Å². The van der Waals surface area contributed by atoms with E-state index >= 15 is 0 Å². The highest BCUT2D eigenvalue weighted by Gasteiger charge is 2.38. The first-order chi connectivity index (χ1) is 13.5.